The van der Waals surface area contributed by atoms with Crippen LogP contribution in [0.15, 0.2) is 23.1 Å². The maximum atomic E-state index is 12.0. The van der Waals surface area contributed by atoms with Gasteiger partial charge in [0.25, 0.3) is 5.91 Å². The number of nitrogens with one attached hydrogen (secondary N) is 1. The van der Waals surface area contributed by atoms with Gasteiger partial charge in [0, 0.05) is 18.4 Å². The molecule has 116 valence electrons. The average molecular weight is 315 g/mol. The fourth-order valence-electron chi connectivity index (χ4n) is 1.57. The highest BCUT2D eigenvalue weighted by molar-refractivity contribution is 7.90. The van der Waals surface area contributed by atoms with Crippen LogP contribution in [-0.2, 0) is 19.4 Å². The first-order valence-electron chi connectivity index (χ1n) is 6.10. The number of carboxylic acids is 1. The quantitative estimate of drug-likeness (QED) is 0.697. The van der Waals surface area contributed by atoms with Crippen LogP contribution in [0.25, 0.3) is 0 Å². The maximum absolute atomic E-state index is 12.0. The standard InChI is InChI=1S/C13H17NO6S/c1-9-3-4-10(21(2,18)19)7-11(9)13(17)14-5-6-20-8-12(15)16/h3-4,7H,5-6,8H2,1-2H3,(H,14,17)(H,15,16). The van der Waals surface area contributed by atoms with Crippen LogP contribution in [0.4, 0.5) is 0 Å². The Morgan fingerprint density at radius 3 is 2.57 bits per heavy atom. The molecule has 21 heavy (non-hydrogen) atoms. The van der Waals surface area contributed by atoms with Gasteiger partial charge < -0.3 is 15.2 Å². The number of carboxylic acid groups (broad SMARTS) is 1. The number of rotatable bonds is 7. The Bertz CT molecular complexity index is 638. The van der Waals surface area contributed by atoms with E-state index in [1.54, 1.807) is 13.0 Å². The van der Waals surface area contributed by atoms with Crippen LogP contribution >= 0.6 is 0 Å². The number of sulfone groups is 1. The van der Waals surface area contributed by atoms with Crippen molar-refractivity contribution in [1.82, 2.24) is 5.32 Å². The van der Waals surface area contributed by atoms with E-state index < -0.39 is 28.3 Å². The summed E-state index contributed by atoms with van der Waals surface area (Å²) in [7, 11) is -3.38. The van der Waals surface area contributed by atoms with Gasteiger partial charge in [-0.25, -0.2) is 13.2 Å². The Hall–Kier alpha value is -1.93. The highest BCUT2D eigenvalue weighted by atomic mass is 32.2. The molecule has 0 radical (unpaired) electrons. The summed E-state index contributed by atoms with van der Waals surface area (Å²) < 4.78 is 27.7. The molecule has 0 aromatic heterocycles. The molecule has 0 aliphatic heterocycles. The molecule has 2 N–H and O–H groups in total. The number of aryl methyl sites for hydroxylation is 1. The van der Waals surface area contributed by atoms with Gasteiger partial charge in [-0.2, -0.15) is 0 Å². The van der Waals surface area contributed by atoms with E-state index in [0.29, 0.717) is 5.56 Å². The summed E-state index contributed by atoms with van der Waals surface area (Å²) >= 11 is 0. The fourth-order valence-corrected chi connectivity index (χ4v) is 2.21. The number of ether oxygens (including phenoxy) is 1. The molecule has 0 fully saturated rings. The minimum Gasteiger partial charge on any atom is -0.480 e. The predicted molar refractivity (Wildman–Crippen MR) is 75.1 cm³/mol. The molecule has 1 rings (SSSR count). The molecule has 1 aromatic carbocycles. The second-order valence-corrected chi connectivity index (χ2v) is 6.47. The van der Waals surface area contributed by atoms with Crippen molar-refractivity contribution < 1.29 is 27.9 Å². The molecule has 8 heteroatoms. The second-order valence-electron chi connectivity index (χ2n) is 4.45. The van der Waals surface area contributed by atoms with Crippen molar-refractivity contribution in [2.75, 3.05) is 26.0 Å². The van der Waals surface area contributed by atoms with E-state index in [4.69, 9.17) is 9.84 Å². The van der Waals surface area contributed by atoms with Crippen LogP contribution in [-0.4, -0.2) is 51.4 Å². The molecule has 0 bridgehead atoms. The van der Waals surface area contributed by atoms with E-state index in [1.165, 1.54) is 12.1 Å². The van der Waals surface area contributed by atoms with Crippen LogP contribution in [0, 0.1) is 6.92 Å². The van der Waals surface area contributed by atoms with Crippen LogP contribution in [0.1, 0.15) is 15.9 Å². The Balaban J connectivity index is 2.68. The lowest BCUT2D eigenvalue weighted by Gasteiger charge is -2.09. The molecule has 0 saturated carbocycles. The van der Waals surface area contributed by atoms with Gasteiger partial charge in [0.05, 0.1) is 11.5 Å². The normalized spacial score (nSPS) is 11.1. The number of amides is 1. The zero-order valence-electron chi connectivity index (χ0n) is 11.8. The fraction of sp³-hybridized carbons (Fsp3) is 0.385. The van der Waals surface area contributed by atoms with Crippen molar-refractivity contribution in [3.8, 4) is 0 Å². The molecule has 0 atom stereocenters. The number of benzene rings is 1. The SMILES string of the molecule is Cc1ccc(S(C)(=O)=O)cc1C(=O)NCCOCC(=O)O. The number of hydrogen-bond donors (Lipinski definition) is 2. The number of carbonyl (C=O) groups excluding carboxylic acids is 1. The van der Waals surface area contributed by atoms with E-state index >= 15 is 0 Å². The van der Waals surface area contributed by atoms with E-state index in [-0.39, 0.29) is 23.6 Å². The highest BCUT2D eigenvalue weighted by Crippen LogP contribution is 2.15. The molecule has 0 heterocycles. The van der Waals surface area contributed by atoms with Gasteiger partial charge >= 0.3 is 5.97 Å². The van der Waals surface area contributed by atoms with Crippen molar-refractivity contribution in [3.05, 3.63) is 29.3 Å². The molecule has 0 unspecified atom stereocenters. The zero-order valence-corrected chi connectivity index (χ0v) is 12.6. The lowest BCUT2D eigenvalue weighted by Crippen LogP contribution is -2.28. The number of hydrogen-bond acceptors (Lipinski definition) is 5. The predicted octanol–water partition coefficient (Wildman–Crippen LogP) is 0.230. The Kier molecular flexibility index (Phi) is 5.86. The summed E-state index contributed by atoms with van der Waals surface area (Å²) in [4.78, 5) is 22.3. The molecular formula is C13H17NO6S. The third-order valence-corrected chi connectivity index (χ3v) is 3.75. The molecule has 0 aliphatic carbocycles. The van der Waals surface area contributed by atoms with Gasteiger partial charge in [-0.3, -0.25) is 4.79 Å². The smallest absolute Gasteiger partial charge is 0.329 e. The van der Waals surface area contributed by atoms with Crippen molar-refractivity contribution in [1.29, 1.82) is 0 Å². The third kappa shape index (κ3) is 5.52. The van der Waals surface area contributed by atoms with E-state index in [0.717, 1.165) is 6.26 Å². The lowest BCUT2D eigenvalue weighted by atomic mass is 10.1. The van der Waals surface area contributed by atoms with Gasteiger partial charge in [0.15, 0.2) is 9.84 Å². The van der Waals surface area contributed by atoms with Crippen molar-refractivity contribution in [2.45, 2.75) is 11.8 Å². The summed E-state index contributed by atoms with van der Waals surface area (Å²) in [5, 5.41) is 10.9. The summed E-state index contributed by atoms with van der Waals surface area (Å²) in [5.74, 6) is -1.52. The Labute approximate surface area is 122 Å². The topological polar surface area (TPSA) is 110 Å². The molecule has 7 nitrogen and oxygen atoms in total. The summed E-state index contributed by atoms with van der Waals surface area (Å²) in [6.07, 6.45) is 1.07. The van der Waals surface area contributed by atoms with E-state index in [1.807, 2.05) is 0 Å². The van der Waals surface area contributed by atoms with Crippen LogP contribution in [0.2, 0.25) is 0 Å². The minimum atomic E-state index is -3.38. The highest BCUT2D eigenvalue weighted by Gasteiger charge is 2.14. The molecule has 1 amide bonds. The second kappa shape index (κ2) is 7.19. The molecule has 1 aromatic rings. The van der Waals surface area contributed by atoms with Gasteiger partial charge in [-0.1, -0.05) is 6.07 Å². The van der Waals surface area contributed by atoms with E-state index in [2.05, 4.69) is 5.32 Å². The monoisotopic (exact) mass is 315 g/mol. The molecule has 0 spiro atoms. The molecular weight excluding hydrogens is 298 g/mol. The van der Waals surface area contributed by atoms with Crippen molar-refractivity contribution in [2.24, 2.45) is 0 Å². The van der Waals surface area contributed by atoms with Crippen molar-refractivity contribution >= 4 is 21.7 Å². The van der Waals surface area contributed by atoms with Crippen LogP contribution in [0.5, 0.6) is 0 Å². The average Bonchev–Trinajstić information content (AvgIpc) is 2.36. The first-order chi connectivity index (χ1) is 9.71. The maximum Gasteiger partial charge on any atom is 0.329 e. The third-order valence-electron chi connectivity index (χ3n) is 2.64. The largest absolute Gasteiger partial charge is 0.480 e. The number of carbonyl (C=O) groups is 2. The van der Waals surface area contributed by atoms with E-state index in [9.17, 15) is 18.0 Å². The van der Waals surface area contributed by atoms with Crippen molar-refractivity contribution in [3.63, 3.8) is 0 Å². The summed E-state index contributed by atoms with van der Waals surface area (Å²) in [5.41, 5.74) is 0.905. The van der Waals surface area contributed by atoms with Gasteiger partial charge in [-0.15, -0.1) is 0 Å². The van der Waals surface area contributed by atoms with Crippen LogP contribution < -0.4 is 5.32 Å². The lowest BCUT2D eigenvalue weighted by molar-refractivity contribution is -0.142. The van der Waals surface area contributed by atoms with Gasteiger partial charge in [0.1, 0.15) is 6.61 Å². The van der Waals surface area contributed by atoms with Gasteiger partial charge in [0.2, 0.25) is 0 Å². The summed E-state index contributed by atoms with van der Waals surface area (Å²) in [6, 6.07) is 4.32. The van der Waals surface area contributed by atoms with Gasteiger partial charge in [-0.05, 0) is 24.6 Å². The first kappa shape index (κ1) is 17.1. The zero-order chi connectivity index (χ0) is 16.0. The van der Waals surface area contributed by atoms with Crippen LogP contribution in [0.3, 0.4) is 0 Å². The summed E-state index contributed by atoms with van der Waals surface area (Å²) in [6.45, 7) is 1.46. The number of aliphatic carboxylic acids is 1. The Morgan fingerprint density at radius 2 is 2.00 bits per heavy atom. The Morgan fingerprint density at radius 1 is 1.33 bits per heavy atom. The minimum absolute atomic E-state index is 0.0584. The first-order valence-corrected chi connectivity index (χ1v) is 7.99. The molecule has 0 aliphatic rings. The molecule has 0 saturated heterocycles.